The van der Waals surface area contributed by atoms with Crippen LogP contribution in [0.5, 0.6) is 0 Å². The van der Waals surface area contributed by atoms with E-state index in [4.69, 9.17) is 9.78 Å². The molecule has 0 aromatic carbocycles. The highest BCUT2D eigenvalue weighted by Crippen LogP contribution is 2.23. The van der Waals surface area contributed by atoms with Crippen LogP contribution in [0.15, 0.2) is 0 Å². The summed E-state index contributed by atoms with van der Waals surface area (Å²) in [5, 5.41) is 0. The number of hydrogen-bond acceptors (Lipinski definition) is 2. The number of fused-ring (bicyclic) bond motifs is 3. The lowest BCUT2D eigenvalue weighted by atomic mass is 9.99. The molecule has 0 atom stereocenters. The minimum atomic E-state index is 0.365. The molecule has 2 saturated heterocycles. The summed E-state index contributed by atoms with van der Waals surface area (Å²) in [6, 6.07) is 0. The van der Waals surface area contributed by atoms with Gasteiger partial charge in [-0.25, -0.2) is 9.78 Å². The Balaban J connectivity index is 1.88. The molecule has 0 amide bonds. The van der Waals surface area contributed by atoms with Crippen LogP contribution in [0.1, 0.15) is 89.9 Å². The summed E-state index contributed by atoms with van der Waals surface area (Å²) in [4.78, 5) is 11.5. The molecule has 2 nitrogen and oxygen atoms in total. The SMILES string of the molecule is C1CCCC2CCCCCCCC(CCC1)OO2. The summed E-state index contributed by atoms with van der Waals surface area (Å²) in [5.74, 6) is 0. The molecular formula is C16H30O2. The Morgan fingerprint density at radius 1 is 0.389 bits per heavy atom. The summed E-state index contributed by atoms with van der Waals surface area (Å²) >= 11 is 0. The first-order chi connectivity index (χ1) is 8.95. The first-order valence-corrected chi connectivity index (χ1v) is 8.27. The molecule has 0 saturated carbocycles. The van der Waals surface area contributed by atoms with Crippen LogP contribution in [0.3, 0.4) is 0 Å². The third-order valence-electron chi connectivity index (χ3n) is 4.43. The van der Waals surface area contributed by atoms with Crippen molar-refractivity contribution in [3.8, 4) is 0 Å². The largest absolute Gasteiger partial charge is 0.233 e. The summed E-state index contributed by atoms with van der Waals surface area (Å²) < 4.78 is 0. The van der Waals surface area contributed by atoms with Gasteiger partial charge in [0.2, 0.25) is 0 Å². The summed E-state index contributed by atoms with van der Waals surface area (Å²) in [7, 11) is 0. The Bertz CT molecular complexity index is 167. The van der Waals surface area contributed by atoms with Gasteiger partial charge in [0.1, 0.15) is 0 Å². The van der Waals surface area contributed by atoms with Crippen molar-refractivity contribution in [2.75, 3.05) is 0 Å². The van der Waals surface area contributed by atoms with Crippen LogP contribution in [-0.4, -0.2) is 12.2 Å². The first kappa shape index (κ1) is 14.3. The van der Waals surface area contributed by atoms with Gasteiger partial charge in [0, 0.05) is 0 Å². The van der Waals surface area contributed by atoms with Gasteiger partial charge in [0.25, 0.3) is 0 Å². The van der Waals surface area contributed by atoms with E-state index in [1.54, 1.807) is 0 Å². The molecule has 106 valence electrons. The molecule has 2 aliphatic rings. The predicted octanol–water partition coefficient (Wildman–Crippen LogP) is 5.16. The van der Waals surface area contributed by atoms with Gasteiger partial charge in [-0.1, -0.05) is 64.2 Å². The van der Waals surface area contributed by atoms with E-state index in [1.165, 1.54) is 89.9 Å². The molecule has 0 radical (unpaired) electrons. The Kier molecular flexibility index (Phi) is 7.11. The van der Waals surface area contributed by atoms with Crippen molar-refractivity contribution in [1.82, 2.24) is 0 Å². The molecule has 0 unspecified atom stereocenters. The molecule has 2 fully saturated rings. The van der Waals surface area contributed by atoms with Gasteiger partial charge in [-0.3, -0.25) is 0 Å². The fourth-order valence-electron chi connectivity index (χ4n) is 3.19. The second-order valence-electron chi connectivity index (χ2n) is 6.13. The maximum absolute atomic E-state index is 5.77. The monoisotopic (exact) mass is 254 g/mol. The van der Waals surface area contributed by atoms with E-state index in [1.807, 2.05) is 0 Å². The molecule has 2 bridgehead atoms. The van der Waals surface area contributed by atoms with Gasteiger partial charge in [-0.15, -0.1) is 0 Å². The van der Waals surface area contributed by atoms with Crippen LogP contribution in [0, 0.1) is 0 Å². The van der Waals surface area contributed by atoms with E-state index in [0.29, 0.717) is 12.2 Å². The Labute approximate surface area is 112 Å². The van der Waals surface area contributed by atoms with E-state index < -0.39 is 0 Å². The Morgan fingerprint density at radius 2 is 0.667 bits per heavy atom. The molecule has 0 N–H and O–H groups in total. The van der Waals surface area contributed by atoms with Crippen LogP contribution >= 0.6 is 0 Å². The van der Waals surface area contributed by atoms with Crippen LogP contribution in [0.25, 0.3) is 0 Å². The van der Waals surface area contributed by atoms with Crippen LogP contribution < -0.4 is 0 Å². The molecule has 2 rings (SSSR count). The van der Waals surface area contributed by atoms with E-state index in [-0.39, 0.29) is 0 Å². The van der Waals surface area contributed by atoms with Crippen LogP contribution in [0.4, 0.5) is 0 Å². The second kappa shape index (κ2) is 8.92. The quantitative estimate of drug-likeness (QED) is 0.556. The number of rotatable bonds is 0. The normalized spacial score (nSPS) is 33.3. The molecule has 2 aliphatic heterocycles. The molecule has 0 aromatic heterocycles. The summed E-state index contributed by atoms with van der Waals surface area (Å²) in [5.41, 5.74) is 0. The van der Waals surface area contributed by atoms with Crippen molar-refractivity contribution in [3.63, 3.8) is 0 Å². The van der Waals surface area contributed by atoms with Crippen molar-refractivity contribution < 1.29 is 9.78 Å². The fourth-order valence-corrected chi connectivity index (χ4v) is 3.19. The topological polar surface area (TPSA) is 18.5 Å². The average molecular weight is 254 g/mol. The maximum Gasteiger partial charge on any atom is 0.0930 e. The highest BCUT2D eigenvalue weighted by molar-refractivity contribution is 4.64. The van der Waals surface area contributed by atoms with Crippen LogP contribution in [-0.2, 0) is 9.78 Å². The van der Waals surface area contributed by atoms with Crippen molar-refractivity contribution in [2.24, 2.45) is 0 Å². The molecule has 2 heteroatoms. The van der Waals surface area contributed by atoms with Crippen molar-refractivity contribution in [3.05, 3.63) is 0 Å². The van der Waals surface area contributed by atoms with E-state index in [0.717, 1.165) is 0 Å². The Hall–Kier alpha value is -0.0800. The zero-order valence-electron chi connectivity index (χ0n) is 11.9. The second-order valence-corrected chi connectivity index (χ2v) is 6.13. The van der Waals surface area contributed by atoms with Gasteiger partial charge in [0.15, 0.2) is 0 Å². The Morgan fingerprint density at radius 3 is 1.00 bits per heavy atom. The van der Waals surface area contributed by atoms with Gasteiger partial charge < -0.3 is 0 Å². The van der Waals surface area contributed by atoms with Gasteiger partial charge >= 0.3 is 0 Å². The number of hydrogen-bond donors (Lipinski definition) is 0. The van der Waals surface area contributed by atoms with Crippen LogP contribution in [0.2, 0.25) is 0 Å². The van der Waals surface area contributed by atoms with Gasteiger partial charge in [-0.2, -0.15) is 0 Å². The lowest BCUT2D eigenvalue weighted by Crippen LogP contribution is -2.19. The molecule has 18 heavy (non-hydrogen) atoms. The minimum Gasteiger partial charge on any atom is -0.233 e. The molecule has 0 aliphatic carbocycles. The smallest absolute Gasteiger partial charge is 0.0930 e. The van der Waals surface area contributed by atoms with E-state index in [9.17, 15) is 0 Å². The molecule has 2 heterocycles. The summed E-state index contributed by atoms with van der Waals surface area (Å²) in [6.45, 7) is 0. The van der Waals surface area contributed by atoms with E-state index >= 15 is 0 Å². The first-order valence-electron chi connectivity index (χ1n) is 8.27. The maximum atomic E-state index is 5.77. The van der Waals surface area contributed by atoms with Crippen molar-refractivity contribution in [2.45, 2.75) is 102 Å². The third-order valence-corrected chi connectivity index (χ3v) is 4.43. The zero-order chi connectivity index (χ0) is 12.5. The molecule has 0 spiro atoms. The zero-order valence-corrected chi connectivity index (χ0v) is 11.9. The van der Waals surface area contributed by atoms with Crippen molar-refractivity contribution >= 4 is 0 Å². The highest BCUT2D eigenvalue weighted by atomic mass is 17.2. The third kappa shape index (κ3) is 5.71. The fraction of sp³-hybridized carbons (Fsp3) is 1.00. The minimum absolute atomic E-state index is 0.365. The molecular weight excluding hydrogens is 224 g/mol. The molecule has 0 aromatic rings. The van der Waals surface area contributed by atoms with Gasteiger partial charge in [0.05, 0.1) is 12.2 Å². The summed E-state index contributed by atoms with van der Waals surface area (Å²) in [6.07, 6.45) is 19.1. The van der Waals surface area contributed by atoms with Crippen molar-refractivity contribution in [1.29, 1.82) is 0 Å². The lowest BCUT2D eigenvalue weighted by molar-refractivity contribution is -0.354. The van der Waals surface area contributed by atoms with Gasteiger partial charge in [-0.05, 0) is 25.7 Å². The standard InChI is InChI=1S/C16H30O2/c1-3-7-11-15-13-9-5-2-6-10-14-16(18-17-15)12-8-4-1/h15-16H,1-14H2. The average Bonchev–Trinajstić information content (AvgIpc) is 2.46. The lowest BCUT2D eigenvalue weighted by Gasteiger charge is -2.20. The highest BCUT2D eigenvalue weighted by Gasteiger charge is 2.17. The van der Waals surface area contributed by atoms with E-state index in [2.05, 4.69) is 0 Å². The predicted molar refractivity (Wildman–Crippen MR) is 74.4 cm³/mol.